The fraction of sp³-hybridized carbons (Fsp3) is 0.625. The summed E-state index contributed by atoms with van der Waals surface area (Å²) >= 11 is 0. The molecule has 0 unspecified atom stereocenters. The minimum absolute atomic E-state index is 0.122. The van der Waals surface area contributed by atoms with Crippen LogP contribution in [0, 0.1) is 19.3 Å². The second-order valence-electron chi connectivity index (χ2n) is 5.98. The molecule has 0 aliphatic heterocycles. The van der Waals surface area contributed by atoms with Crippen LogP contribution in [0.1, 0.15) is 30.4 Å². The molecule has 1 saturated carbocycles. The van der Waals surface area contributed by atoms with E-state index in [0.717, 1.165) is 36.3 Å². The third kappa shape index (κ3) is 2.71. The Hall–Kier alpha value is -1.22. The van der Waals surface area contributed by atoms with Crippen molar-refractivity contribution in [1.29, 1.82) is 0 Å². The number of nitrogens with zero attached hydrogens (tertiary/aromatic N) is 1. The fourth-order valence-corrected chi connectivity index (χ4v) is 3.11. The molecule has 3 nitrogen and oxygen atoms in total. The molecule has 0 spiro atoms. The molecule has 0 atom stereocenters. The summed E-state index contributed by atoms with van der Waals surface area (Å²) in [7, 11) is 3.82. The quantitative estimate of drug-likeness (QED) is 0.886. The summed E-state index contributed by atoms with van der Waals surface area (Å²) in [5.41, 5.74) is 3.65. The lowest BCUT2D eigenvalue weighted by atomic mass is 9.69. The molecule has 0 radical (unpaired) electrons. The van der Waals surface area contributed by atoms with Gasteiger partial charge in [-0.3, -0.25) is 0 Å². The largest absolute Gasteiger partial charge is 0.496 e. The standard InChI is InChI=1S/C16H25NO2/c1-12-8-14(9-13(2)15(12)19-4)17(3)10-16(11-18)6-5-7-16/h8-9,18H,5-7,10-11H2,1-4H3. The van der Waals surface area contributed by atoms with E-state index in [-0.39, 0.29) is 5.41 Å². The lowest BCUT2D eigenvalue weighted by Gasteiger charge is -2.43. The van der Waals surface area contributed by atoms with E-state index in [2.05, 4.69) is 37.9 Å². The molecule has 106 valence electrons. The van der Waals surface area contributed by atoms with E-state index in [1.165, 1.54) is 12.1 Å². The molecule has 1 N–H and O–H groups in total. The number of aryl methyl sites for hydroxylation is 2. The fourth-order valence-electron chi connectivity index (χ4n) is 3.11. The molecule has 19 heavy (non-hydrogen) atoms. The van der Waals surface area contributed by atoms with Crippen LogP contribution >= 0.6 is 0 Å². The summed E-state index contributed by atoms with van der Waals surface area (Å²) in [6.45, 7) is 5.38. The maximum absolute atomic E-state index is 9.58. The van der Waals surface area contributed by atoms with Gasteiger partial charge in [0, 0.05) is 24.7 Å². The number of anilines is 1. The Morgan fingerprint density at radius 1 is 1.26 bits per heavy atom. The van der Waals surface area contributed by atoms with Crippen molar-refractivity contribution in [2.45, 2.75) is 33.1 Å². The van der Waals surface area contributed by atoms with E-state index in [9.17, 15) is 5.11 Å². The zero-order valence-corrected chi connectivity index (χ0v) is 12.5. The molecular weight excluding hydrogens is 238 g/mol. The van der Waals surface area contributed by atoms with Crippen molar-refractivity contribution in [3.63, 3.8) is 0 Å². The monoisotopic (exact) mass is 263 g/mol. The van der Waals surface area contributed by atoms with Gasteiger partial charge < -0.3 is 14.7 Å². The summed E-state index contributed by atoms with van der Waals surface area (Å²) in [5.74, 6) is 0.970. The van der Waals surface area contributed by atoms with E-state index in [4.69, 9.17) is 4.74 Å². The highest BCUT2D eigenvalue weighted by atomic mass is 16.5. The summed E-state index contributed by atoms with van der Waals surface area (Å²) in [6, 6.07) is 4.32. The highest BCUT2D eigenvalue weighted by molar-refractivity contribution is 5.56. The van der Waals surface area contributed by atoms with E-state index in [0.29, 0.717) is 6.61 Å². The minimum Gasteiger partial charge on any atom is -0.496 e. The van der Waals surface area contributed by atoms with E-state index < -0.39 is 0 Å². The van der Waals surface area contributed by atoms with E-state index in [1.807, 2.05) is 0 Å². The maximum atomic E-state index is 9.58. The van der Waals surface area contributed by atoms with Crippen molar-refractivity contribution >= 4 is 5.69 Å². The van der Waals surface area contributed by atoms with Gasteiger partial charge >= 0.3 is 0 Å². The molecule has 2 rings (SSSR count). The highest BCUT2D eigenvalue weighted by Gasteiger charge is 2.37. The Morgan fingerprint density at radius 3 is 2.21 bits per heavy atom. The Balaban J connectivity index is 2.17. The van der Waals surface area contributed by atoms with Gasteiger partial charge in [0.25, 0.3) is 0 Å². The number of hydrogen-bond acceptors (Lipinski definition) is 3. The molecule has 3 heteroatoms. The van der Waals surface area contributed by atoms with Crippen LogP contribution < -0.4 is 9.64 Å². The lowest BCUT2D eigenvalue weighted by Crippen LogP contribution is -2.43. The molecule has 1 fully saturated rings. The number of hydrogen-bond donors (Lipinski definition) is 1. The lowest BCUT2D eigenvalue weighted by molar-refractivity contribution is 0.0524. The number of rotatable bonds is 5. The normalized spacial score (nSPS) is 16.9. The van der Waals surface area contributed by atoms with E-state index >= 15 is 0 Å². The third-order valence-electron chi connectivity index (χ3n) is 4.41. The van der Waals surface area contributed by atoms with Crippen LogP contribution in [-0.2, 0) is 0 Å². The summed E-state index contributed by atoms with van der Waals surface area (Å²) < 4.78 is 5.41. The first-order valence-corrected chi connectivity index (χ1v) is 6.98. The van der Waals surface area contributed by atoms with Crippen molar-refractivity contribution < 1.29 is 9.84 Å². The zero-order chi connectivity index (χ0) is 14.0. The molecule has 1 aliphatic rings. The third-order valence-corrected chi connectivity index (χ3v) is 4.41. The van der Waals surface area contributed by atoms with Crippen molar-refractivity contribution in [2.75, 3.05) is 32.2 Å². The van der Waals surface area contributed by atoms with Crippen LogP contribution in [-0.4, -0.2) is 32.4 Å². The first-order chi connectivity index (χ1) is 9.01. The predicted molar refractivity (Wildman–Crippen MR) is 79.1 cm³/mol. The zero-order valence-electron chi connectivity index (χ0n) is 12.5. The van der Waals surface area contributed by atoms with Crippen LogP contribution in [0.5, 0.6) is 5.75 Å². The first-order valence-electron chi connectivity index (χ1n) is 6.98. The van der Waals surface area contributed by atoms with Crippen LogP contribution in [0.3, 0.4) is 0 Å². The second kappa shape index (κ2) is 5.41. The van der Waals surface area contributed by atoms with Crippen molar-refractivity contribution in [3.8, 4) is 5.75 Å². The SMILES string of the molecule is COc1c(C)cc(N(C)CC2(CO)CCC2)cc1C. The molecule has 1 aromatic rings. The maximum Gasteiger partial charge on any atom is 0.124 e. The van der Waals surface area contributed by atoms with Gasteiger partial charge in [-0.25, -0.2) is 0 Å². The van der Waals surface area contributed by atoms with Crippen molar-refractivity contribution in [3.05, 3.63) is 23.3 Å². The summed E-state index contributed by atoms with van der Waals surface area (Å²) in [6.07, 6.45) is 3.53. The van der Waals surface area contributed by atoms with Gasteiger partial charge in [-0.15, -0.1) is 0 Å². The second-order valence-corrected chi connectivity index (χ2v) is 5.98. The molecule has 1 aromatic carbocycles. The average molecular weight is 263 g/mol. The molecule has 0 saturated heterocycles. The molecule has 0 bridgehead atoms. The number of aliphatic hydroxyl groups excluding tert-OH is 1. The highest BCUT2D eigenvalue weighted by Crippen LogP contribution is 2.41. The van der Waals surface area contributed by atoms with Gasteiger partial charge in [-0.1, -0.05) is 6.42 Å². The van der Waals surface area contributed by atoms with Gasteiger partial charge in [0.15, 0.2) is 0 Å². The van der Waals surface area contributed by atoms with E-state index in [1.54, 1.807) is 7.11 Å². The molecule has 0 amide bonds. The topological polar surface area (TPSA) is 32.7 Å². The summed E-state index contributed by atoms with van der Waals surface area (Å²) in [5, 5.41) is 9.58. The minimum atomic E-state index is 0.122. The Morgan fingerprint density at radius 2 is 1.84 bits per heavy atom. The van der Waals surface area contributed by atoms with Crippen LogP contribution in [0.25, 0.3) is 0 Å². The number of benzene rings is 1. The van der Waals surface area contributed by atoms with Gasteiger partial charge in [-0.2, -0.15) is 0 Å². The van der Waals surface area contributed by atoms with Crippen molar-refractivity contribution in [2.24, 2.45) is 5.41 Å². The number of ether oxygens (including phenoxy) is 1. The smallest absolute Gasteiger partial charge is 0.124 e. The molecule has 0 aromatic heterocycles. The number of aliphatic hydroxyl groups is 1. The van der Waals surface area contributed by atoms with Gasteiger partial charge in [-0.05, 0) is 49.9 Å². The first kappa shape index (κ1) is 14.2. The van der Waals surface area contributed by atoms with Crippen LogP contribution in [0.4, 0.5) is 5.69 Å². The van der Waals surface area contributed by atoms with Crippen LogP contribution in [0.2, 0.25) is 0 Å². The number of methoxy groups -OCH3 is 1. The van der Waals surface area contributed by atoms with Gasteiger partial charge in [0.2, 0.25) is 0 Å². The van der Waals surface area contributed by atoms with Gasteiger partial charge in [0.05, 0.1) is 13.7 Å². The van der Waals surface area contributed by atoms with Crippen molar-refractivity contribution in [1.82, 2.24) is 0 Å². The Labute approximate surface area is 116 Å². The van der Waals surface area contributed by atoms with Crippen LogP contribution in [0.15, 0.2) is 12.1 Å². The Kier molecular flexibility index (Phi) is 4.04. The molecular formula is C16H25NO2. The van der Waals surface area contributed by atoms with Gasteiger partial charge in [0.1, 0.15) is 5.75 Å². The molecule has 1 aliphatic carbocycles. The predicted octanol–water partition coefficient (Wildman–Crippen LogP) is 2.91. The summed E-state index contributed by atoms with van der Waals surface area (Å²) in [4.78, 5) is 2.26. The molecule has 0 heterocycles. The average Bonchev–Trinajstić information content (AvgIpc) is 2.33. The Bertz CT molecular complexity index is 424.